The molecule has 5 heteroatoms. The summed E-state index contributed by atoms with van der Waals surface area (Å²) in [5.74, 6) is 0. The first kappa shape index (κ1) is 11.8. The van der Waals surface area contributed by atoms with Crippen molar-refractivity contribution in [1.82, 2.24) is 5.32 Å². The molecule has 0 aromatic heterocycles. The minimum Gasteiger partial charge on any atom is -0.444 e. The summed E-state index contributed by atoms with van der Waals surface area (Å²) in [7, 11) is 0. The third kappa shape index (κ3) is 5.24. The van der Waals surface area contributed by atoms with Gasteiger partial charge in [-0.1, -0.05) is 5.16 Å². The highest BCUT2D eigenvalue weighted by Gasteiger charge is 2.17. The summed E-state index contributed by atoms with van der Waals surface area (Å²) in [4.78, 5) is 16.2. The minimum absolute atomic E-state index is 0.0972. The molecule has 1 aliphatic rings. The van der Waals surface area contributed by atoms with Crippen LogP contribution in [-0.2, 0) is 9.57 Å². The highest BCUT2D eigenvalue weighted by Crippen LogP contribution is 2.09. The Morgan fingerprint density at radius 2 is 2.40 bits per heavy atom. The predicted octanol–water partition coefficient (Wildman–Crippen LogP) is 1.68. The van der Waals surface area contributed by atoms with Crippen LogP contribution < -0.4 is 5.32 Å². The topological polar surface area (TPSA) is 59.9 Å². The van der Waals surface area contributed by atoms with Gasteiger partial charge in [-0.05, 0) is 20.8 Å². The molecule has 1 amide bonds. The first-order chi connectivity index (χ1) is 6.97. The Hall–Kier alpha value is -1.26. The van der Waals surface area contributed by atoms with E-state index in [0.717, 1.165) is 12.8 Å². The average molecular weight is 214 g/mol. The van der Waals surface area contributed by atoms with Crippen LogP contribution in [0, 0.1) is 0 Å². The second-order valence-electron chi connectivity index (χ2n) is 4.47. The third-order valence-corrected chi connectivity index (χ3v) is 1.79. The molecule has 0 radical (unpaired) electrons. The molecular weight excluding hydrogens is 196 g/mol. The van der Waals surface area contributed by atoms with E-state index in [1.807, 2.05) is 20.8 Å². The molecule has 1 atom stereocenters. The number of hydrogen-bond acceptors (Lipinski definition) is 4. The van der Waals surface area contributed by atoms with Crippen molar-refractivity contribution < 1.29 is 14.4 Å². The molecule has 1 heterocycles. The Bertz CT molecular complexity index is 238. The molecule has 0 saturated carbocycles. The quantitative estimate of drug-likeness (QED) is 0.777. The van der Waals surface area contributed by atoms with Gasteiger partial charge in [0.25, 0.3) is 0 Å². The molecule has 0 bridgehead atoms. The standard InChI is InChI=1S/C10H18N2O3/c1-10(2,3)14-9(13)11-6-4-8-5-7-12-15-8/h7-8H,4-6H2,1-3H3,(H,11,13). The van der Waals surface area contributed by atoms with Gasteiger partial charge in [-0.15, -0.1) is 0 Å². The number of ether oxygens (including phenoxy) is 1. The monoisotopic (exact) mass is 214 g/mol. The van der Waals surface area contributed by atoms with Crippen LogP contribution in [0.15, 0.2) is 5.16 Å². The maximum atomic E-state index is 11.2. The second kappa shape index (κ2) is 5.00. The van der Waals surface area contributed by atoms with E-state index in [-0.39, 0.29) is 12.2 Å². The molecule has 0 spiro atoms. The summed E-state index contributed by atoms with van der Waals surface area (Å²) in [6.45, 7) is 6.05. The second-order valence-corrected chi connectivity index (χ2v) is 4.47. The van der Waals surface area contributed by atoms with E-state index < -0.39 is 5.60 Å². The molecule has 0 aromatic carbocycles. The molecule has 0 aliphatic carbocycles. The molecule has 0 fully saturated rings. The number of nitrogens with zero attached hydrogens (tertiary/aromatic N) is 1. The van der Waals surface area contributed by atoms with Gasteiger partial charge in [0.15, 0.2) is 0 Å². The zero-order valence-electron chi connectivity index (χ0n) is 9.45. The highest BCUT2D eigenvalue weighted by atomic mass is 16.6. The molecule has 86 valence electrons. The smallest absolute Gasteiger partial charge is 0.407 e. The molecule has 1 N–H and O–H groups in total. The van der Waals surface area contributed by atoms with E-state index in [4.69, 9.17) is 9.57 Å². The lowest BCUT2D eigenvalue weighted by atomic mass is 10.2. The SMILES string of the molecule is CC(C)(C)OC(=O)NCCC1CC=NO1. The van der Waals surface area contributed by atoms with Gasteiger partial charge >= 0.3 is 6.09 Å². The Balaban J connectivity index is 2.07. The molecular formula is C10H18N2O3. The van der Waals surface area contributed by atoms with E-state index >= 15 is 0 Å². The summed E-state index contributed by atoms with van der Waals surface area (Å²) in [6, 6.07) is 0. The number of carbonyl (C=O) groups is 1. The average Bonchev–Trinajstić information content (AvgIpc) is 2.53. The first-order valence-corrected chi connectivity index (χ1v) is 5.12. The number of alkyl carbamates (subject to hydrolysis) is 1. The van der Waals surface area contributed by atoms with Gasteiger partial charge in [0.2, 0.25) is 0 Å². The Morgan fingerprint density at radius 3 is 2.93 bits per heavy atom. The molecule has 15 heavy (non-hydrogen) atoms. The van der Waals surface area contributed by atoms with Crippen LogP contribution >= 0.6 is 0 Å². The summed E-state index contributed by atoms with van der Waals surface area (Å²) in [5, 5.41) is 6.32. The van der Waals surface area contributed by atoms with Crippen LogP contribution in [0.3, 0.4) is 0 Å². The van der Waals surface area contributed by atoms with Crippen molar-refractivity contribution in [3.63, 3.8) is 0 Å². The number of oxime groups is 1. The van der Waals surface area contributed by atoms with Crippen molar-refractivity contribution in [3.05, 3.63) is 0 Å². The van der Waals surface area contributed by atoms with Gasteiger partial charge in [0, 0.05) is 25.6 Å². The van der Waals surface area contributed by atoms with Crippen molar-refractivity contribution in [2.75, 3.05) is 6.54 Å². The third-order valence-electron chi connectivity index (χ3n) is 1.79. The van der Waals surface area contributed by atoms with Crippen LogP contribution in [-0.4, -0.2) is 30.6 Å². The first-order valence-electron chi connectivity index (χ1n) is 5.12. The van der Waals surface area contributed by atoms with E-state index in [1.165, 1.54) is 0 Å². The number of rotatable bonds is 3. The van der Waals surface area contributed by atoms with Gasteiger partial charge < -0.3 is 14.9 Å². The van der Waals surface area contributed by atoms with Gasteiger partial charge in [-0.25, -0.2) is 4.79 Å². The van der Waals surface area contributed by atoms with Crippen molar-refractivity contribution in [2.45, 2.75) is 45.3 Å². The van der Waals surface area contributed by atoms with Crippen molar-refractivity contribution >= 4 is 12.3 Å². The molecule has 5 nitrogen and oxygen atoms in total. The lowest BCUT2D eigenvalue weighted by Gasteiger charge is -2.19. The fraction of sp³-hybridized carbons (Fsp3) is 0.800. The molecule has 1 rings (SSSR count). The molecule has 0 aromatic rings. The van der Waals surface area contributed by atoms with E-state index in [0.29, 0.717) is 6.54 Å². The van der Waals surface area contributed by atoms with E-state index in [1.54, 1.807) is 6.21 Å². The predicted molar refractivity (Wildman–Crippen MR) is 56.8 cm³/mol. The van der Waals surface area contributed by atoms with Gasteiger partial charge in [-0.2, -0.15) is 0 Å². The molecule has 0 saturated heterocycles. The number of carbonyl (C=O) groups excluding carboxylic acids is 1. The van der Waals surface area contributed by atoms with Gasteiger partial charge in [0.05, 0.1) is 0 Å². The maximum absolute atomic E-state index is 11.2. The fourth-order valence-corrected chi connectivity index (χ4v) is 1.15. The Kier molecular flexibility index (Phi) is 3.94. The number of amides is 1. The lowest BCUT2D eigenvalue weighted by Crippen LogP contribution is -2.34. The van der Waals surface area contributed by atoms with E-state index in [2.05, 4.69) is 10.5 Å². The maximum Gasteiger partial charge on any atom is 0.407 e. The molecule has 1 aliphatic heterocycles. The largest absolute Gasteiger partial charge is 0.444 e. The summed E-state index contributed by atoms with van der Waals surface area (Å²) in [5.41, 5.74) is -0.447. The summed E-state index contributed by atoms with van der Waals surface area (Å²) >= 11 is 0. The summed E-state index contributed by atoms with van der Waals surface area (Å²) < 4.78 is 5.08. The van der Waals surface area contributed by atoms with Crippen molar-refractivity contribution in [2.24, 2.45) is 5.16 Å². The number of hydrogen-bond donors (Lipinski definition) is 1. The number of nitrogens with one attached hydrogen (secondary N) is 1. The van der Waals surface area contributed by atoms with Crippen LogP contribution in [0.5, 0.6) is 0 Å². The van der Waals surface area contributed by atoms with Crippen LogP contribution in [0.1, 0.15) is 33.6 Å². The Morgan fingerprint density at radius 1 is 1.67 bits per heavy atom. The summed E-state index contributed by atoms with van der Waals surface area (Å²) in [6.07, 6.45) is 3.01. The van der Waals surface area contributed by atoms with Crippen LogP contribution in [0.25, 0.3) is 0 Å². The lowest BCUT2D eigenvalue weighted by molar-refractivity contribution is 0.0496. The van der Waals surface area contributed by atoms with Crippen LogP contribution in [0.4, 0.5) is 4.79 Å². The minimum atomic E-state index is -0.447. The zero-order chi connectivity index (χ0) is 11.3. The fourth-order valence-electron chi connectivity index (χ4n) is 1.15. The highest BCUT2D eigenvalue weighted by molar-refractivity contribution is 5.67. The van der Waals surface area contributed by atoms with Crippen LogP contribution in [0.2, 0.25) is 0 Å². The van der Waals surface area contributed by atoms with Gasteiger partial charge in [0.1, 0.15) is 11.7 Å². The van der Waals surface area contributed by atoms with Crippen molar-refractivity contribution in [1.29, 1.82) is 0 Å². The zero-order valence-corrected chi connectivity index (χ0v) is 9.45. The Labute approximate surface area is 89.8 Å². The van der Waals surface area contributed by atoms with Crippen molar-refractivity contribution in [3.8, 4) is 0 Å². The van der Waals surface area contributed by atoms with Gasteiger partial charge in [-0.3, -0.25) is 0 Å². The molecule has 1 unspecified atom stereocenters. The normalized spacial score (nSPS) is 19.8. The van der Waals surface area contributed by atoms with E-state index in [9.17, 15) is 4.79 Å².